The van der Waals surface area contributed by atoms with Crippen molar-refractivity contribution >= 4 is 17.7 Å². The van der Waals surface area contributed by atoms with Crippen molar-refractivity contribution in [3.63, 3.8) is 0 Å². The van der Waals surface area contributed by atoms with Crippen LogP contribution in [-0.4, -0.2) is 32.1 Å². The van der Waals surface area contributed by atoms with Gasteiger partial charge in [-0.3, -0.25) is 4.79 Å². The molecule has 172 valence electrons. The van der Waals surface area contributed by atoms with E-state index in [-0.39, 0.29) is 5.91 Å². The highest BCUT2D eigenvalue weighted by Gasteiger charge is 2.21. The fraction of sp³-hybridized carbons (Fsp3) is 0.250. The Morgan fingerprint density at radius 2 is 1.48 bits per heavy atom. The van der Waals surface area contributed by atoms with Crippen molar-refractivity contribution in [3.8, 4) is 17.2 Å². The van der Waals surface area contributed by atoms with Gasteiger partial charge in [0.05, 0.1) is 33.6 Å². The molecule has 0 bridgehead atoms. The van der Waals surface area contributed by atoms with E-state index in [0.29, 0.717) is 23.8 Å². The molecule has 33 heavy (non-hydrogen) atoms. The highest BCUT2D eigenvalue weighted by Crippen LogP contribution is 2.41. The largest absolute Gasteiger partial charge is 0.493 e. The van der Waals surface area contributed by atoms with Gasteiger partial charge in [-0.15, -0.1) is 0 Å². The van der Waals surface area contributed by atoms with Crippen LogP contribution in [0.25, 0.3) is 11.8 Å². The summed E-state index contributed by atoms with van der Waals surface area (Å²) in [7, 11) is 4.74. The summed E-state index contributed by atoms with van der Waals surface area (Å²) < 4.78 is 16.6. The van der Waals surface area contributed by atoms with Crippen LogP contribution in [0.1, 0.15) is 34.7 Å². The third kappa shape index (κ3) is 5.55. The molecule has 0 aliphatic rings. The van der Waals surface area contributed by atoms with E-state index >= 15 is 0 Å². The zero-order valence-corrected chi connectivity index (χ0v) is 20.1. The van der Waals surface area contributed by atoms with Gasteiger partial charge in [-0.1, -0.05) is 48.5 Å². The fourth-order valence-electron chi connectivity index (χ4n) is 3.69. The lowest BCUT2D eigenvalue weighted by Gasteiger charge is -2.26. The summed E-state index contributed by atoms with van der Waals surface area (Å²) in [5.41, 5.74) is 5.97. The third-order valence-corrected chi connectivity index (χ3v) is 5.65. The van der Waals surface area contributed by atoms with Gasteiger partial charge >= 0.3 is 0 Å². The number of hydrogen-bond donors (Lipinski definition) is 0. The maximum absolute atomic E-state index is 12.9. The predicted molar refractivity (Wildman–Crippen MR) is 133 cm³/mol. The van der Waals surface area contributed by atoms with Crippen molar-refractivity contribution in [1.29, 1.82) is 0 Å². The summed E-state index contributed by atoms with van der Waals surface area (Å²) in [6, 6.07) is 19.9. The van der Waals surface area contributed by atoms with E-state index in [2.05, 4.69) is 32.0 Å². The minimum Gasteiger partial charge on any atom is -0.493 e. The second kappa shape index (κ2) is 10.7. The molecule has 3 rings (SSSR count). The maximum atomic E-state index is 12.9. The molecule has 0 aliphatic heterocycles. The summed E-state index contributed by atoms with van der Waals surface area (Å²) in [6.07, 6.45) is 2.03. The van der Waals surface area contributed by atoms with Gasteiger partial charge in [0.1, 0.15) is 0 Å². The first-order chi connectivity index (χ1) is 15.9. The Morgan fingerprint density at radius 3 is 2.00 bits per heavy atom. The molecule has 5 nitrogen and oxygen atoms in total. The minimum atomic E-state index is -0.0670. The smallest absolute Gasteiger partial charge is 0.224 e. The molecule has 0 N–H and O–H groups in total. The second-order valence-electron chi connectivity index (χ2n) is 7.88. The summed E-state index contributed by atoms with van der Waals surface area (Å²) in [6.45, 7) is 6.18. The SMILES string of the molecule is COc1cc(/C(=C/c2ccc(C)c(C)c2)N(Cc2ccccc2)C(C)=O)cc(OC)c1OC. The molecule has 0 aliphatic carbocycles. The van der Waals surface area contributed by atoms with Gasteiger partial charge in [0.2, 0.25) is 11.7 Å². The average Bonchev–Trinajstić information content (AvgIpc) is 2.83. The molecule has 3 aromatic rings. The van der Waals surface area contributed by atoms with E-state index < -0.39 is 0 Å². The van der Waals surface area contributed by atoms with Crippen molar-refractivity contribution in [2.75, 3.05) is 21.3 Å². The Labute approximate surface area is 196 Å². The molecule has 0 fully saturated rings. The molecule has 3 aromatic carbocycles. The molecule has 0 saturated carbocycles. The molecular weight excluding hydrogens is 414 g/mol. The number of hydrogen-bond acceptors (Lipinski definition) is 4. The first-order valence-corrected chi connectivity index (χ1v) is 10.8. The molecule has 0 atom stereocenters. The molecule has 0 saturated heterocycles. The van der Waals surface area contributed by atoms with Gasteiger partial charge in [0, 0.05) is 12.5 Å². The van der Waals surface area contributed by atoms with Crippen LogP contribution in [0, 0.1) is 13.8 Å². The first-order valence-electron chi connectivity index (χ1n) is 10.8. The van der Waals surface area contributed by atoms with Crippen molar-refractivity contribution in [3.05, 3.63) is 88.5 Å². The molecule has 1 amide bonds. The standard InChI is InChI=1S/C28H31NO4/c1-19-12-13-23(14-20(19)2)15-25(29(21(3)30)18-22-10-8-7-9-11-22)24-16-26(31-4)28(33-6)27(17-24)32-5/h7-17H,18H2,1-6H3/b25-15-. The van der Waals surface area contributed by atoms with Crippen LogP contribution >= 0.6 is 0 Å². The Bertz CT molecular complexity index is 1130. The van der Waals surface area contributed by atoms with E-state index in [1.54, 1.807) is 33.2 Å². The van der Waals surface area contributed by atoms with Gasteiger partial charge in [0.25, 0.3) is 0 Å². The van der Waals surface area contributed by atoms with E-state index in [4.69, 9.17) is 14.2 Å². The van der Waals surface area contributed by atoms with Crippen LogP contribution in [0.2, 0.25) is 0 Å². The lowest BCUT2D eigenvalue weighted by molar-refractivity contribution is -0.126. The Kier molecular flexibility index (Phi) is 7.78. The van der Waals surface area contributed by atoms with E-state index in [1.165, 1.54) is 11.1 Å². The van der Waals surface area contributed by atoms with Crippen molar-refractivity contribution in [1.82, 2.24) is 4.90 Å². The van der Waals surface area contributed by atoms with Crippen molar-refractivity contribution in [2.45, 2.75) is 27.3 Å². The highest BCUT2D eigenvalue weighted by atomic mass is 16.5. The predicted octanol–water partition coefficient (Wildman–Crippen LogP) is 5.88. The highest BCUT2D eigenvalue weighted by molar-refractivity contribution is 5.92. The fourth-order valence-corrected chi connectivity index (χ4v) is 3.69. The molecule has 0 unspecified atom stereocenters. The number of nitrogens with zero attached hydrogens (tertiary/aromatic N) is 1. The lowest BCUT2D eigenvalue weighted by atomic mass is 10.0. The first kappa shape index (κ1) is 23.9. The number of rotatable bonds is 8. The number of methoxy groups -OCH3 is 3. The molecule has 0 spiro atoms. The van der Waals surface area contributed by atoms with Crippen LogP contribution in [0.5, 0.6) is 17.2 Å². The van der Waals surface area contributed by atoms with Crippen LogP contribution < -0.4 is 14.2 Å². The summed E-state index contributed by atoms with van der Waals surface area (Å²) >= 11 is 0. The van der Waals surface area contributed by atoms with Crippen molar-refractivity contribution < 1.29 is 19.0 Å². The van der Waals surface area contributed by atoms with Crippen molar-refractivity contribution in [2.24, 2.45) is 0 Å². The van der Waals surface area contributed by atoms with E-state index in [0.717, 1.165) is 22.4 Å². The molecule has 0 radical (unpaired) electrons. The number of ether oxygens (including phenoxy) is 3. The van der Waals surface area contributed by atoms with Gasteiger partial charge in [-0.25, -0.2) is 0 Å². The van der Waals surface area contributed by atoms with Crippen LogP contribution in [0.3, 0.4) is 0 Å². The quantitative estimate of drug-likeness (QED) is 0.407. The Morgan fingerprint density at radius 1 is 0.848 bits per heavy atom. The van der Waals surface area contributed by atoms with E-state index in [9.17, 15) is 4.79 Å². The van der Waals surface area contributed by atoms with E-state index in [1.807, 2.05) is 48.5 Å². The minimum absolute atomic E-state index is 0.0670. The third-order valence-electron chi connectivity index (χ3n) is 5.65. The maximum Gasteiger partial charge on any atom is 0.224 e. The van der Waals surface area contributed by atoms with Gasteiger partial charge in [0.15, 0.2) is 11.5 Å². The zero-order valence-electron chi connectivity index (χ0n) is 20.1. The van der Waals surface area contributed by atoms with Crippen LogP contribution in [0.4, 0.5) is 0 Å². The summed E-state index contributed by atoms with van der Waals surface area (Å²) in [5, 5.41) is 0. The summed E-state index contributed by atoms with van der Waals surface area (Å²) in [5.74, 6) is 1.50. The Balaban J connectivity index is 2.23. The van der Waals surface area contributed by atoms with Gasteiger partial charge in [-0.2, -0.15) is 0 Å². The van der Waals surface area contributed by atoms with Gasteiger partial charge < -0.3 is 19.1 Å². The normalized spacial score (nSPS) is 11.2. The molecule has 0 heterocycles. The van der Waals surface area contributed by atoms with Crippen LogP contribution in [0.15, 0.2) is 60.7 Å². The monoisotopic (exact) mass is 445 g/mol. The molecule has 0 aromatic heterocycles. The average molecular weight is 446 g/mol. The zero-order chi connectivity index (χ0) is 24.0. The number of amides is 1. The molecule has 5 heteroatoms. The number of aryl methyl sites for hydroxylation is 2. The number of carbonyl (C=O) groups is 1. The number of benzene rings is 3. The molecular formula is C28H31NO4. The topological polar surface area (TPSA) is 48.0 Å². The van der Waals surface area contributed by atoms with Gasteiger partial charge in [-0.05, 0) is 54.3 Å². The Hall–Kier alpha value is -3.73. The van der Waals surface area contributed by atoms with Crippen LogP contribution in [-0.2, 0) is 11.3 Å². The summed E-state index contributed by atoms with van der Waals surface area (Å²) in [4.78, 5) is 14.7. The second-order valence-corrected chi connectivity index (χ2v) is 7.88. The number of carbonyl (C=O) groups excluding carboxylic acids is 1. The lowest BCUT2D eigenvalue weighted by Crippen LogP contribution is -2.26.